The second-order valence-electron chi connectivity index (χ2n) is 7.23. The number of aromatic nitrogens is 1. The number of fused-ring (bicyclic) bond motifs is 1. The fraction of sp³-hybridized carbons (Fsp3) is 0.500. The number of nitrogens with zero attached hydrogens (tertiary/aromatic N) is 1. The standard InChI is InChI=1S/C20H24N2O2/c23-19(21-15-6-2-1-3-7-15)13-22-12-17(20(24)14-10-11-14)16-8-4-5-9-18(16)22/h4-5,8-9,12,14-15H,1-3,6-7,10-11,13H2,(H,21,23). The number of para-hydroxylation sites is 1. The molecule has 2 aromatic rings. The SMILES string of the molecule is O=C(Cn1cc(C(=O)C2CC2)c2ccccc21)NC1CCCCC1. The van der Waals surface area contributed by atoms with Crippen LogP contribution in [0.15, 0.2) is 30.5 Å². The molecule has 1 amide bonds. The van der Waals surface area contributed by atoms with Crippen LogP contribution >= 0.6 is 0 Å². The lowest BCUT2D eigenvalue weighted by molar-refractivity contribution is -0.122. The molecule has 0 bridgehead atoms. The van der Waals surface area contributed by atoms with Gasteiger partial charge < -0.3 is 9.88 Å². The first-order chi connectivity index (χ1) is 11.7. The van der Waals surface area contributed by atoms with E-state index in [-0.39, 0.29) is 24.2 Å². The van der Waals surface area contributed by atoms with E-state index < -0.39 is 0 Å². The van der Waals surface area contributed by atoms with E-state index >= 15 is 0 Å². The molecule has 4 heteroatoms. The monoisotopic (exact) mass is 324 g/mol. The van der Waals surface area contributed by atoms with E-state index in [9.17, 15) is 9.59 Å². The third-order valence-corrected chi connectivity index (χ3v) is 5.29. The molecule has 2 fully saturated rings. The van der Waals surface area contributed by atoms with E-state index in [0.717, 1.165) is 42.1 Å². The van der Waals surface area contributed by atoms with Crippen LogP contribution in [-0.2, 0) is 11.3 Å². The summed E-state index contributed by atoms with van der Waals surface area (Å²) in [6, 6.07) is 8.22. The summed E-state index contributed by atoms with van der Waals surface area (Å²) in [6.45, 7) is 0.287. The summed E-state index contributed by atoms with van der Waals surface area (Å²) in [5.41, 5.74) is 1.75. The fourth-order valence-electron chi connectivity index (χ4n) is 3.81. The van der Waals surface area contributed by atoms with Gasteiger partial charge in [0.05, 0.1) is 0 Å². The maximum Gasteiger partial charge on any atom is 0.240 e. The predicted molar refractivity (Wildman–Crippen MR) is 94.0 cm³/mol. The fourth-order valence-corrected chi connectivity index (χ4v) is 3.81. The molecule has 0 atom stereocenters. The van der Waals surface area contributed by atoms with Crippen molar-refractivity contribution >= 4 is 22.6 Å². The van der Waals surface area contributed by atoms with E-state index in [1.165, 1.54) is 19.3 Å². The Bertz CT molecular complexity index is 767. The summed E-state index contributed by atoms with van der Waals surface area (Å²) in [5.74, 6) is 0.478. The van der Waals surface area contributed by atoms with Crippen molar-refractivity contribution in [3.05, 3.63) is 36.0 Å². The summed E-state index contributed by atoms with van der Waals surface area (Å²) in [7, 11) is 0. The molecule has 24 heavy (non-hydrogen) atoms. The zero-order valence-corrected chi connectivity index (χ0v) is 14.0. The molecule has 2 saturated carbocycles. The van der Waals surface area contributed by atoms with Gasteiger partial charge in [0.1, 0.15) is 6.54 Å². The second kappa shape index (κ2) is 6.42. The highest BCUT2D eigenvalue weighted by molar-refractivity contribution is 6.10. The van der Waals surface area contributed by atoms with E-state index in [1.807, 2.05) is 35.0 Å². The molecule has 0 spiro atoms. The summed E-state index contributed by atoms with van der Waals surface area (Å²) in [6.07, 6.45) is 9.75. The van der Waals surface area contributed by atoms with Crippen LogP contribution in [0.5, 0.6) is 0 Å². The molecule has 0 aliphatic heterocycles. The van der Waals surface area contributed by atoms with Crippen molar-refractivity contribution in [2.75, 3.05) is 0 Å². The quantitative estimate of drug-likeness (QED) is 0.853. The van der Waals surface area contributed by atoms with Gasteiger partial charge in [-0.3, -0.25) is 9.59 Å². The first-order valence-electron chi connectivity index (χ1n) is 9.14. The third-order valence-electron chi connectivity index (χ3n) is 5.29. The number of hydrogen-bond donors (Lipinski definition) is 1. The Hall–Kier alpha value is -2.10. The van der Waals surface area contributed by atoms with Crippen molar-refractivity contribution in [2.45, 2.75) is 57.5 Å². The van der Waals surface area contributed by atoms with Crippen LogP contribution in [0.4, 0.5) is 0 Å². The Balaban J connectivity index is 1.55. The Morgan fingerprint density at radius 1 is 1.04 bits per heavy atom. The average Bonchev–Trinajstić information content (AvgIpc) is 3.39. The minimum Gasteiger partial charge on any atom is -0.352 e. The largest absolute Gasteiger partial charge is 0.352 e. The van der Waals surface area contributed by atoms with Crippen molar-refractivity contribution in [1.82, 2.24) is 9.88 Å². The van der Waals surface area contributed by atoms with Crippen molar-refractivity contribution in [3.63, 3.8) is 0 Å². The summed E-state index contributed by atoms with van der Waals surface area (Å²) in [5, 5.41) is 4.13. The molecule has 0 saturated heterocycles. The first-order valence-corrected chi connectivity index (χ1v) is 9.14. The highest BCUT2D eigenvalue weighted by Gasteiger charge is 2.32. The van der Waals surface area contributed by atoms with Gasteiger partial charge in [0.2, 0.25) is 5.91 Å². The molecule has 1 N–H and O–H groups in total. The maximum atomic E-state index is 12.5. The Morgan fingerprint density at radius 2 is 1.79 bits per heavy atom. The molecule has 1 heterocycles. The molecular formula is C20H24N2O2. The molecule has 0 radical (unpaired) electrons. The molecule has 2 aliphatic rings. The van der Waals surface area contributed by atoms with Gasteiger partial charge in [0.15, 0.2) is 5.78 Å². The number of hydrogen-bond acceptors (Lipinski definition) is 2. The molecule has 1 aromatic heterocycles. The van der Waals surface area contributed by atoms with Gasteiger partial charge in [-0.15, -0.1) is 0 Å². The van der Waals surface area contributed by atoms with E-state index in [2.05, 4.69) is 5.32 Å². The van der Waals surface area contributed by atoms with Gasteiger partial charge in [0, 0.05) is 34.6 Å². The smallest absolute Gasteiger partial charge is 0.240 e. The minimum atomic E-state index is 0.0491. The van der Waals surface area contributed by atoms with Crippen LogP contribution in [0.3, 0.4) is 0 Å². The topological polar surface area (TPSA) is 51.1 Å². The molecule has 4 nitrogen and oxygen atoms in total. The average molecular weight is 324 g/mol. The van der Waals surface area contributed by atoms with Crippen molar-refractivity contribution in [1.29, 1.82) is 0 Å². The van der Waals surface area contributed by atoms with E-state index in [4.69, 9.17) is 0 Å². The van der Waals surface area contributed by atoms with Gasteiger partial charge in [-0.25, -0.2) is 0 Å². The van der Waals surface area contributed by atoms with Crippen molar-refractivity contribution < 1.29 is 9.59 Å². The molecular weight excluding hydrogens is 300 g/mol. The van der Waals surface area contributed by atoms with Crippen molar-refractivity contribution in [2.24, 2.45) is 5.92 Å². The van der Waals surface area contributed by atoms with Crippen LogP contribution < -0.4 is 5.32 Å². The molecule has 1 aromatic carbocycles. The summed E-state index contributed by atoms with van der Waals surface area (Å²) >= 11 is 0. The lowest BCUT2D eigenvalue weighted by atomic mass is 9.95. The van der Waals surface area contributed by atoms with Gasteiger partial charge in [-0.2, -0.15) is 0 Å². The van der Waals surface area contributed by atoms with E-state index in [0.29, 0.717) is 6.04 Å². The van der Waals surface area contributed by atoms with Gasteiger partial charge in [0.25, 0.3) is 0 Å². The lowest BCUT2D eigenvalue weighted by Gasteiger charge is -2.22. The molecule has 126 valence electrons. The number of carbonyl (C=O) groups is 2. The normalized spacial score (nSPS) is 18.7. The Morgan fingerprint density at radius 3 is 2.54 bits per heavy atom. The second-order valence-corrected chi connectivity index (χ2v) is 7.23. The van der Waals surface area contributed by atoms with Gasteiger partial charge in [-0.1, -0.05) is 37.5 Å². The van der Waals surface area contributed by atoms with Crippen molar-refractivity contribution in [3.8, 4) is 0 Å². The molecule has 2 aliphatic carbocycles. The Labute approximate surface area is 142 Å². The number of Topliss-reactive ketones (excluding diaryl/α,β-unsaturated/α-hetero) is 1. The molecule has 4 rings (SSSR count). The highest BCUT2D eigenvalue weighted by Crippen LogP contribution is 2.35. The van der Waals surface area contributed by atoms with Crippen LogP contribution in [0.1, 0.15) is 55.3 Å². The number of nitrogens with one attached hydrogen (secondary N) is 1. The number of benzene rings is 1. The van der Waals surface area contributed by atoms with Crippen LogP contribution in [0.25, 0.3) is 10.9 Å². The minimum absolute atomic E-state index is 0.0491. The molecule has 0 unspecified atom stereocenters. The summed E-state index contributed by atoms with van der Waals surface area (Å²) in [4.78, 5) is 25.0. The van der Waals surface area contributed by atoms with Gasteiger partial charge >= 0.3 is 0 Å². The number of carbonyl (C=O) groups excluding carboxylic acids is 2. The zero-order chi connectivity index (χ0) is 16.5. The zero-order valence-electron chi connectivity index (χ0n) is 14.0. The van der Waals surface area contributed by atoms with Gasteiger partial charge in [-0.05, 0) is 31.7 Å². The highest BCUT2D eigenvalue weighted by atomic mass is 16.2. The third kappa shape index (κ3) is 3.10. The van der Waals surface area contributed by atoms with Crippen LogP contribution in [-0.4, -0.2) is 22.3 Å². The first kappa shape index (κ1) is 15.4. The summed E-state index contributed by atoms with van der Waals surface area (Å²) < 4.78 is 1.93. The lowest BCUT2D eigenvalue weighted by Crippen LogP contribution is -2.38. The van der Waals surface area contributed by atoms with E-state index in [1.54, 1.807) is 0 Å². The maximum absolute atomic E-state index is 12.5. The Kier molecular flexibility index (Phi) is 4.13. The van der Waals surface area contributed by atoms with Crippen LogP contribution in [0.2, 0.25) is 0 Å². The number of rotatable bonds is 5. The number of amides is 1. The van der Waals surface area contributed by atoms with Crippen LogP contribution in [0, 0.1) is 5.92 Å². The number of ketones is 1. The predicted octanol–water partition coefficient (Wildman–Crippen LogP) is 3.68.